The van der Waals surface area contributed by atoms with Gasteiger partial charge in [-0.3, -0.25) is 4.98 Å². The predicted octanol–water partition coefficient (Wildman–Crippen LogP) is 2.64. The molecule has 0 aliphatic heterocycles. The highest BCUT2D eigenvalue weighted by Gasteiger charge is 2.08. The zero-order valence-electron chi connectivity index (χ0n) is 13.9. The smallest absolute Gasteiger partial charge is 0.249 e. The number of hydrogen-bond donors (Lipinski definition) is 2. The largest absolute Gasteiger partial charge is 0.497 e. The van der Waals surface area contributed by atoms with Crippen LogP contribution in [0.2, 0.25) is 0 Å². The van der Waals surface area contributed by atoms with Crippen LogP contribution >= 0.6 is 0 Å². The van der Waals surface area contributed by atoms with E-state index in [-0.39, 0.29) is 0 Å². The number of pyridine rings is 1. The Morgan fingerprint density at radius 2 is 2.00 bits per heavy atom. The molecule has 0 saturated carbocycles. The molecule has 0 amide bonds. The number of aromatic nitrogens is 4. The van der Waals surface area contributed by atoms with Crippen LogP contribution in [0.3, 0.4) is 0 Å². The molecule has 0 aliphatic carbocycles. The molecule has 8 nitrogen and oxygen atoms in total. The lowest BCUT2D eigenvalue weighted by atomic mass is 10.2. The van der Waals surface area contributed by atoms with Crippen molar-refractivity contribution < 1.29 is 9.47 Å². The molecule has 0 bridgehead atoms. The third kappa shape index (κ3) is 4.31. The van der Waals surface area contributed by atoms with Gasteiger partial charge in [0.25, 0.3) is 0 Å². The molecule has 128 valence electrons. The van der Waals surface area contributed by atoms with Crippen LogP contribution in [0.15, 0.2) is 48.8 Å². The van der Waals surface area contributed by atoms with Crippen molar-refractivity contribution in [2.75, 3.05) is 24.9 Å². The second kappa shape index (κ2) is 7.91. The molecule has 0 aliphatic rings. The first-order valence-corrected chi connectivity index (χ1v) is 7.61. The lowest BCUT2D eigenvalue weighted by molar-refractivity contribution is 0.405. The van der Waals surface area contributed by atoms with Crippen molar-refractivity contribution in [3.8, 4) is 11.5 Å². The molecule has 3 rings (SSSR count). The number of anilines is 3. The monoisotopic (exact) mass is 338 g/mol. The van der Waals surface area contributed by atoms with Crippen molar-refractivity contribution in [3.63, 3.8) is 0 Å². The van der Waals surface area contributed by atoms with Gasteiger partial charge >= 0.3 is 0 Å². The fourth-order valence-electron chi connectivity index (χ4n) is 2.16. The summed E-state index contributed by atoms with van der Waals surface area (Å²) in [5, 5.41) is 14.2. The van der Waals surface area contributed by atoms with Crippen LogP contribution in [0.25, 0.3) is 0 Å². The van der Waals surface area contributed by atoms with Crippen molar-refractivity contribution >= 4 is 17.5 Å². The Balaban J connectivity index is 1.73. The Hall–Kier alpha value is -3.42. The first-order chi connectivity index (χ1) is 12.3. The number of hydrogen-bond acceptors (Lipinski definition) is 8. The number of nitrogens with one attached hydrogen (secondary N) is 2. The van der Waals surface area contributed by atoms with Crippen molar-refractivity contribution in [3.05, 3.63) is 54.5 Å². The summed E-state index contributed by atoms with van der Waals surface area (Å²) in [7, 11) is 3.20. The molecular weight excluding hydrogens is 320 g/mol. The summed E-state index contributed by atoms with van der Waals surface area (Å²) in [5.74, 6) is 2.28. The van der Waals surface area contributed by atoms with Crippen LogP contribution in [0.4, 0.5) is 17.5 Å². The molecule has 0 atom stereocenters. The fourth-order valence-corrected chi connectivity index (χ4v) is 2.16. The van der Waals surface area contributed by atoms with E-state index >= 15 is 0 Å². The number of methoxy groups -OCH3 is 2. The van der Waals surface area contributed by atoms with Crippen LogP contribution in [0.5, 0.6) is 11.5 Å². The molecule has 2 heterocycles. The molecule has 0 spiro atoms. The van der Waals surface area contributed by atoms with E-state index in [0.717, 1.165) is 5.69 Å². The minimum atomic E-state index is 0.345. The number of benzene rings is 1. The van der Waals surface area contributed by atoms with Gasteiger partial charge in [0, 0.05) is 12.3 Å². The third-order valence-electron chi connectivity index (χ3n) is 3.39. The second-order valence-corrected chi connectivity index (χ2v) is 5.03. The first kappa shape index (κ1) is 16.4. The molecule has 8 heteroatoms. The van der Waals surface area contributed by atoms with E-state index < -0.39 is 0 Å². The molecule has 0 fully saturated rings. The fraction of sp³-hybridized carbons (Fsp3) is 0.176. The predicted molar refractivity (Wildman–Crippen MR) is 94.2 cm³/mol. The average Bonchev–Trinajstić information content (AvgIpc) is 2.67. The van der Waals surface area contributed by atoms with Gasteiger partial charge in [-0.1, -0.05) is 6.07 Å². The van der Waals surface area contributed by atoms with Crippen molar-refractivity contribution in [1.29, 1.82) is 0 Å². The van der Waals surface area contributed by atoms with E-state index in [1.165, 1.54) is 0 Å². The van der Waals surface area contributed by atoms with Gasteiger partial charge in [-0.05, 0) is 24.3 Å². The summed E-state index contributed by atoms with van der Waals surface area (Å²) < 4.78 is 10.6. The first-order valence-electron chi connectivity index (χ1n) is 7.61. The van der Waals surface area contributed by atoms with Crippen molar-refractivity contribution in [2.45, 2.75) is 6.54 Å². The maximum absolute atomic E-state index is 5.33. The summed E-state index contributed by atoms with van der Waals surface area (Å²) in [6.07, 6.45) is 3.30. The SMILES string of the molecule is COc1ccc(OC)c(Nc2nncc(NCc3ccccn3)n2)c1. The lowest BCUT2D eigenvalue weighted by Gasteiger charge is -2.12. The Bertz CT molecular complexity index is 828. The van der Waals surface area contributed by atoms with Crippen LogP contribution < -0.4 is 20.1 Å². The summed E-state index contributed by atoms with van der Waals surface area (Å²) >= 11 is 0. The summed E-state index contributed by atoms with van der Waals surface area (Å²) in [5.41, 5.74) is 1.59. The Morgan fingerprint density at radius 1 is 1.08 bits per heavy atom. The van der Waals surface area contributed by atoms with Gasteiger partial charge in [-0.15, -0.1) is 5.10 Å². The third-order valence-corrected chi connectivity index (χ3v) is 3.39. The number of nitrogens with zero attached hydrogens (tertiary/aromatic N) is 4. The molecule has 2 aromatic heterocycles. The Kier molecular flexibility index (Phi) is 5.20. The average molecular weight is 338 g/mol. The summed E-state index contributed by atoms with van der Waals surface area (Å²) in [6.45, 7) is 0.543. The molecular formula is C17H18N6O2. The zero-order valence-corrected chi connectivity index (χ0v) is 13.9. The Labute approximate surface area is 145 Å². The van der Waals surface area contributed by atoms with Gasteiger partial charge in [0.1, 0.15) is 11.5 Å². The van der Waals surface area contributed by atoms with Crippen LogP contribution in [-0.4, -0.2) is 34.4 Å². The molecule has 0 saturated heterocycles. The van der Waals surface area contributed by atoms with Gasteiger partial charge in [0.05, 0.1) is 38.3 Å². The maximum Gasteiger partial charge on any atom is 0.249 e. The lowest BCUT2D eigenvalue weighted by Crippen LogP contribution is -2.07. The molecule has 0 unspecified atom stereocenters. The van der Waals surface area contributed by atoms with E-state index in [1.54, 1.807) is 38.7 Å². The van der Waals surface area contributed by atoms with Gasteiger partial charge in [0.15, 0.2) is 5.82 Å². The molecule has 2 N–H and O–H groups in total. The quantitative estimate of drug-likeness (QED) is 0.679. The number of rotatable bonds is 7. The van der Waals surface area contributed by atoms with Crippen molar-refractivity contribution in [2.24, 2.45) is 0 Å². The molecule has 25 heavy (non-hydrogen) atoms. The standard InChI is InChI=1S/C17H18N6O2/c1-24-13-6-7-15(25-2)14(9-13)21-17-22-16(11-20-23-17)19-10-12-5-3-4-8-18-12/h3-9,11H,10H2,1-2H3,(H2,19,21,22,23). The van der Waals surface area contributed by atoms with E-state index in [9.17, 15) is 0 Å². The van der Waals surface area contributed by atoms with Gasteiger partial charge < -0.3 is 20.1 Å². The van der Waals surface area contributed by atoms with E-state index in [2.05, 4.69) is 30.8 Å². The normalized spacial score (nSPS) is 10.2. The summed E-state index contributed by atoms with van der Waals surface area (Å²) in [4.78, 5) is 8.65. The molecule has 0 radical (unpaired) electrons. The van der Waals surface area contributed by atoms with E-state index in [0.29, 0.717) is 35.5 Å². The minimum Gasteiger partial charge on any atom is -0.497 e. The Morgan fingerprint density at radius 3 is 2.76 bits per heavy atom. The molecule has 1 aromatic carbocycles. The van der Waals surface area contributed by atoms with Gasteiger partial charge in [-0.25, -0.2) is 0 Å². The van der Waals surface area contributed by atoms with Crippen LogP contribution in [0, 0.1) is 0 Å². The van der Waals surface area contributed by atoms with E-state index in [4.69, 9.17) is 9.47 Å². The van der Waals surface area contributed by atoms with Crippen LogP contribution in [-0.2, 0) is 6.54 Å². The zero-order chi connectivity index (χ0) is 17.5. The van der Waals surface area contributed by atoms with Crippen molar-refractivity contribution in [1.82, 2.24) is 20.2 Å². The van der Waals surface area contributed by atoms with Crippen LogP contribution in [0.1, 0.15) is 5.69 Å². The highest BCUT2D eigenvalue weighted by molar-refractivity contribution is 5.65. The topological polar surface area (TPSA) is 94.1 Å². The van der Waals surface area contributed by atoms with Gasteiger partial charge in [-0.2, -0.15) is 10.1 Å². The van der Waals surface area contributed by atoms with E-state index in [1.807, 2.05) is 24.3 Å². The van der Waals surface area contributed by atoms with Gasteiger partial charge in [0.2, 0.25) is 5.95 Å². The second-order valence-electron chi connectivity index (χ2n) is 5.03. The molecule has 3 aromatic rings. The maximum atomic E-state index is 5.33. The minimum absolute atomic E-state index is 0.345. The highest BCUT2D eigenvalue weighted by Crippen LogP contribution is 2.30. The number of ether oxygens (including phenoxy) is 2. The summed E-state index contributed by atoms with van der Waals surface area (Å²) in [6, 6.07) is 11.2. The highest BCUT2D eigenvalue weighted by atomic mass is 16.5.